The molecule has 0 radical (unpaired) electrons. The minimum absolute atomic E-state index is 0.0138. The van der Waals surface area contributed by atoms with E-state index in [1.165, 1.54) is 0 Å². The van der Waals surface area contributed by atoms with E-state index in [-0.39, 0.29) is 12.6 Å². The molecule has 0 fully saturated rings. The van der Waals surface area contributed by atoms with E-state index in [1.807, 2.05) is 6.92 Å². The number of halogens is 2. The van der Waals surface area contributed by atoms with Crippen molar-refractivity contribution in [2.45, 2.75) is 25.9 Å². The first-order chi connectivity index (χ1) is 6.60. The van der Waals surface area contributed by atoms with Crippen molar-refractivity contribution in [3.63, 3.8) is 0 Å². The van der Waals surface area contributed by atoms with E-state index in [2.05, 4.69) is 0 Å². The molecular formula is C9H20F2N2O. The first-order valence-corrected chi connectivity index (χ1v) is 4.88. The molecule has 0 saturated carbocycles. The fourth-order valence-electron chi connectivity index (χ4n) is 1.20. The number of hydrogen-bond acceptors (Lipinski definition) is 3. The van der Waals surface area contributed by atoms with Crippen molar-refractivity contribution >= 4 is 0 Å². The summed E-state index contributed by atoms with van der Waals surface area (Å²) in [5.74, 6) is 0. The van der Waals surface area contributed by atoms with Crippen LogP contribution in [0.1, 0.15) is 13.3 Å². The van der Waals surface area contributed by atoms with Gasteiger partial charge in [0.05, 0.1) is 12.6 Å². The second kappa shape index (κ2) is 8.08. The summed E-state index contributed by atoms with van der Waals surface area (Å²) >= 11 is 0. The second-order valence-electron chi connectivity index (χ2n) is 3.26. The number of nitrogens with two attached hydrogens (primary N) is 1. The van der Waals surface area contributed by atoms with Gasteiger partial charge in [-0.05, 0) is 20.4 Å². The van der Waals surface area contributed by atoms with Crippen LogP contribution in [-0.4, -0.2) is 50.7 Å². The highest BCUT2D eigenvalue weighted by Gasteiger charge is 2.10. The minimum Gasteiger partial charge on any atom is -0.377 e. The first kappa shape index (κ1) is 13.7. The van der Waals surface area contributed by atoms with Gasteiger partial charge in [-0.25, -0.2) is 8.78 Å². The summed E-state index contributed by atoms with van der Waals surface area (Å²) in [7, 11) is 1.67. The summed E-state index contributed by atoms with van der Waals surface area (Å²) in [4.78, 5) is 1.59. The van der Waals surface area contributed by atoms with E-state index in [4.69, 9.17) is 10.5 Å². The summed E-state index contributed by atoms with van der Waals surface area (Å²) in [6, 6.07) is 0. The van der Waals surface area contributed by atoms with Crippen LogP contribution in [0, 0.1) is 0 Å². The second-order valence-corrected chi connectivity index (χ2v) is 3.26. The Balaban J connectivity index is 3.56. The number of hydrogen-bond donors (Lipinski definition) is 1. The molecule has 1 atom stereocenters. The lowest BCUT2D eigenvalue weighted by Gasteiger charge is -2.20. The number of ether oxygens (including phenoxy) is 1. The van der Waals surface area contributed by atoms with Crippen molar-refractivity contribution in [1.29, 1.82) is 0 Å². The molecular weight excluding hydrogens is 190 g/mol. The van der Waals surface area contributed by atoms with Gasteiger partial charge in [-0.1, -0.05) is 0 Å². The molecule has 5 heteroatoms. The van der Waals surface area contributed by atoms with Crippen molar-refractivity contribution in [3.05, 3.63) is 0 Å². The van der Waals surface area contributed by atoms with Gasteiger partial charge in [0.1, 0.15) is 0 Å². The third-order valence-corrected chi connectivity index (χ3v) is 1.95. The summed E-state index contributed by atoms with van der Waals surface area (Å²) in [6.45, 7) is 3.35. The molecule has 0 bridgehead atoms. The quantitative estimate of drug-likeness (QED) is 0.648. The minimum atomic E-state index is -2.27. The van der Waals surface area contributed by atoms with Crippen LogP contribution in [-0.2, 0) is 4.74 Å². The van der Waals surface area contributed by atoms with Gasteiger partial charge in [-0.15, -0.1) is 0 Å². The lowest BCUT2D eigenvalue weighted by molar-refractivity contribution is 0.0475. The van der Waals surface area contributed by atoms with Crippen LogP contribution in [0.15, 0.2) is 0 Å². The summed E-state index contributed by atoms with van der Waals surface area (Å²) in [5.41, 5.74) is 5.45. The van der Waals surface area contributed by atoms with E-state index < -0.39 is 6.43 Å². The lowest BCUT2D eigenvalue weighted by atomic mass is 10.2. The zero-order chi connectivity index (χ0) is 11.0. The number of rotatable bonds is 8. The fraction of sp³-hybridized carbons (Fsp3) is 1.00. The van der Waals surface area contributed by atoms with Gasteiger partial charge in [0.15, 0.2) is 0 Å². The van der Waals surface area contributed by atoms with Crippen LogP contribution in [0.4, 0.5) is 8.78 Å². The maximum absolute atomic E-state index is 11.9. The zero-order valence-corrected chi connectivity index (χ0v) is 8.88. The topological polar surface area (TPSA) is 38.5 Å². The van der Waals surface area contributed by atoms with E-state index in [0.29, 0.717) is 26.1 Å². The highest BCUT2D eigenvalue weighted by molar-refractivity contribution is 4.62. The normalized spacial score (nSPS) is 13.9. The standard InChI is InChI=1S/C9H20F2N2O/c1-3-14-8(6-12)4-5-13(2)7-9(10)11/h8-9H,3-7,12H2,1-2H3. The van der Waals surface area contributed by atoms with E-state index in [9.17, 15) is 8.78 Å². The Morgan fingerprint density at radius 2 is 2.07 bits per heavy atom. The van der Waals surface area contributed by atoms with Crippen molar-refractivity contribution in [3.8, 4) is 0 Å². The molecule has 0 aliphatic carbocycles. The fourth-order valence-corrected chi connectivity index (χ4v) is 1.20. The Morgan fingerprint density at radius 3 is 2.50 bits per heavy atom. The third kappa shape index (κ3) is 7.17. The van der Waals surface area contributed by atoms with E-state index >= 15 is 0 Å². The molecule has 86 valence electrons. The van der Waals surface area contributed by atoms with Gasteiger partial charge in [-0.3, -0.25) is 0 Å². The highest BCUT2D eigenvalue weighted by Crippen LogP contribution is 2.01. The van der Waals surface area contributed by atoms with E-state index in [0.717, 1.165) is 0 Å². The smallest absolute Gasteiger partial charge is 0.251 e. The molecule has 0 amide bonds. The third-order valence-electron chi connectivity index (χ3n) is 1.95. The van der Waals surface area contributed by atoms with Gasteiger partial charge in [-0.2, -0.15) is 0 Å². The Labute approximate surface area is 84.2 Å². The molecule has 14 heavy (non-hydrogen) atoms. The summed E-state index contributed by atoms with van der Waals surface area (Å²) in [6.07, 6.45) is -1.59. The molecule has 0 heterocycles. The maximum Gasteiger partial charge on any atom is 0.251 e. The molecule has 0 aliphatic rings. The Kier molecular flexibility index (Phi) is 7.93. The monoisotopic (exact) mass is 210 g/mol. The first-order valence-electron chi connectivity index (χ1n) is 4.88. The molecule has 0 rings (SSSR count). The largest absolute Gasteiger partial charge is 0.377 e. The van der Waals surface area contributed by atoms with Crippen LogP contribution in [0.3, 0.4) is 0 Å². The average Bonchev–Trinajstić information content (AvgIpc) is 2.11. The van der Waals surface area contributed by atoms with Gasteiger partial charge in [0, 0.05) is 19.7 Å². The predicted molar refractivity (Wildman–Crippen MR) is 52.6 cm³/mol. The average molecular weight is 210 g/mol. The summed E-state index contributed by atoms with van der Waals surface area (Å²) < 4.78 is 29.2. The number of alkyl halides is 2. The van der Waals surface area contributed by atoms with Crippen molar-refractivity contribution in [1.82, 2.24) is 4.90 Å². The van der Waals surface area contributed by atoms with Gasteiger partial charge in [0.25, 0.3) is 6.43 Å². The predicted octanol–water partition coefficient (Wildman–Crippen LogP) is 0.937. The van der Waals surface area contributed by atoms with Crippen LogP contribution < -0.4 is 5.73 Å². The Bertz CT molecular complexity index is 136. The lowest BCUT2D eigenvalue weighted by Crippen LogP contribution is -2.32. The molecule has 0 aliphatic heterocycles. The number of nitrogens with zero attached hydrogens (tertiary/aromatic N) is 1. The molecule has 0 aromatic heterocycles. The van der Waals surface area contributed by atoms with Crippen LogP contribution in [0.25, 0.3) is 0 Å². The molecule has 3 nitrogen and oxygen atoms in total. The van der Waals surface area contributed by atoms with Crippen molar-refractivity contribution in [2.75, 3.05) is 33.3 Å². The van der Waals surface area contributed by atoms with Crippen LogP contribution >= 0.6 is 0 Å². The molecule has 0 saturated heterocycles. The Morgan fingerprint density at radius 1 is 1.43 bits per heavy atom. The highest BCUT2D eigenvalue weighted by atomic mass is 19.3. The maximum atomic E-state index is 11.9. The van der Waals surface area contributed by atoms with Crippen molar-refractivity contribution in [2.24, 2.45) is 5.73 Å². The van der Waals surface area contributed by atoms with Crippen molar-refractivity contribution < 1.29 is 13.5 Å². The van der Waals surface area contributed by atoms with Gasteiger partial charge in [0.2, 0.25) is 0 Å². The molecule has 0 aromatic carbocycles. The SMILES string of the molecule is CCOC(CN)CCN(C)CC(F)F. The summed E-state index contributed by atoms with van der Waals surface area (Å²) in [5, 5.41) is 0. The Hall–Kier alpha value is -0.260. The molecule has 0 aromatic rings. The van der Waals surface area contributed by atoms with Gasteiger partial charge >= 0.3 is 0 Å². The van der Waals surface area contributed by atoms with Gasteiger partial charge < -0.3 is 15.4 Å². The molecule has 2 N–H and O–H groups in total. The van der Waals surface area contributed by atoms with Crippen LogP contribution in [0.2, 0.25) is 0 Å². The molecule has 1 unspecified atom stereocenters. The molecule has 0 spiro atoms. The van der Waals surface area contributed by atoms with Crippen LogP contribution in [0.5, 0.6) is 0 Å². The van der Waals surface area contributed by atoms with E-state index in [1.54, 1.807) is 11.9 Å². The zero-order valence-electron chi connectivity index (χ0n) is 8.88.